The third-order valence-corrected chi connectivity index (χ3v) is 6.26. The molecule has 1 aromatic heterocycles. The van der Waals surface area contributed by atoms with Crippen LogP contribution in [0, 0.1) is 0 Å². The maximum Gasteiger partial charge on any atom is 0.315 e. The van der Waals surface area contributed by atoms with Gasteiger partial charge in [-0.25, -0.2) is 13.2 Å². The quantitative estimate of drug-likeness (QED) is 0.838. The van der Waals surface area contributed by atoms with E-state index in [0.717, 1.165) is 0 Å². The van der Waals surface area contributed by atoms with Crippen LogP contribution in [0.25, 0.3) is 0 Å². The molecule has 0 saturated carbocycles. The number of nitrogens with zero attached hydrogens (tertiary/aromatic N) is 1. The Morgan fingerprint density at radius 2 is 2.29 bits per heavy atom. The summed E-state index contributed by atoms with van der Waals surface area (Å²) >= 11 is 1.65. The van der Waals surface area contributed by atoms with E-state index in [9.17, 15) is 13.2 Å². The Hall–Kier alpha value is -1.12. The van der Waals surface area contributed by atoms with Gasteiger partial charge in [0.2, 0.25) is 0 Å². The van der Waals surface area contributed by atoms with E-state index in [1.165, 1.54) is 4.88 Å². The molecule has 1 aliphatic heterocycles. The topological polar surface area (TPSA) is 78.5 Å². The smallest absolute Gasteiger partial charge is 0.315 e. The van der Waals surface area contributed by atoms with Gasteiger partial charge in [-0.1, -0.05) is 6.07 Å². The molecule has 2 N–H and O–H groups in total. The Kier molecular flexibility index (Phi) is 5.23. The van der Waals surface area contributed by atoms with Gasteiger partial charge >= 0.3 is 6.03 Å². The monoisotopic (exact) mass is 331 g/mol. The number of hydrogen-bond acceptors (Lipinski definition) is 5. The Labute approximate surface area is 129 Å². The van der Waals surface area contributed by atoms with Gasteiger partial charge in [0, 0.05) is 17.5 Å². The molecule has 0 aliphatic carbocycles. The lowest BCUT2D eigenvalue weighted by Gasteiger charge is -2.24. The number of urea groups is 1. The number of thiophene rings is 1. The van der Waals surface area contributed by atoms with Crippen LogP contribution < -0.4 is 10.6 Å². The Morgan fingerprint density at radius 1 is 1.52 bits per heavy atom. The zero-order valence-corrected chi connectivity index (χ0v) is 13.8. The molecule has 0 radical (unpaired) electrons. The first-order chi connectivity index (χ1) is 9.87. The second kappa shape index (κ2) is 6.76. The van der Waals surface area contributed by atoms with Gasteiger partial charge in [-0.2, -0.15) is 0 Å². The third-order valence-electron chi connectivity index (χ3n) is 3.52. The van der Waals surface area contributed by atoms with Crippen LogP contribution in [0.3, 0.4) is 0 Å². The van der Waals surface area contributed by atoms with Gasteiger partial charge < -0.3 is 15.5 Å². The van der Waals surface area contributed by atoms with Crippen molar-refractivity contribution < 1.29 is 13.2 Å². The molecule has 1 fully saturated rings. The van der Waals surface area contributed by atoms with Crippen molar-refractivity contribution in [3.05, 3.63) is 22.4 Å². The molecule has 2 rings (SSSR count). The lowest BCUT2D eigenvalue weighted by Crippen LogP contribution is -2.45. The van der Waals surface area contributed by atoms with Crippen molar-refractivity contribution in [2.75, 3.05) is 32.1 Å². The molecule has 2 amide bonds. The standard InChI is InChI=1S/C13H21N3O3S2/c1-16(2)11(12-4-3-6-20-12)8-14-13(17)15-10-5-7-21(18,19)9-10/h3-4,6,10-11H,5,7-9H2,1-2H3,(H2,14,15,17)/t10-,11+/m0/s1. The minimum Gasteiger partial charge on any atom is -0.336 e. The maximum absolute atomic E-state index is 11.9. The van der Waals surface area contributed by atoms with Crippen LogP contribution >= 0.6 is 11.3 Å². The van der Waals surface area contributed by atoms with Gasteiger partial charge in [0.25, 0.3) is 0 Å². The predicted octanol–water partition coefficient (Wildman–Crippen LogP) is 0.837. The first-order valence-electron chi connectivity index (χ1n) is 6.82. The fourth-order valence-electron chi connectivity index (χ4n) is 2.35. The number of sulfone groups is 1. The summed E-state index contributed by atoms with van der Waals surface area (Å²) < 4.78 is 22.7. The van der Waals surface area contributed by atoms with Gasteiger partial charge in [-0.05, 0) is 32.0 Å². The second-order valence-electron chi connectivity index (χ2n) is 5.45. The average molecular weight is 331 g/mol. The van der Waals surface area contributed by atoms with Crippen molar-refractivity contribution in [1.82, 2.24) is 15.5 Å². The lowest BCUT2D eigenvalue weighted by molar-refractivity contribution is 0.230. The van der Waals surface area contributed by atoms with Crippen LogP contribution in [-0.2, 0) is 9.84 Å². The zero-order valence-electron chi connectivity index (χ0n) is 12.2. The van der Waals surface area contributed by atoms with Gasteiger partial charge in [0.15, 0.2) is 9.84 Å². The third kappa shape index (κ3) is 4.69. The van der Waals surface area contributed by atoms with E-state index in [2.05, 4.69) is 10.6 Å². The summed E-state index contributed by atoms with van der Waals surface area (Å²) in [5.41, 5.74) is 0. The van der Waals surface area contributed by atoms with E-state index in [4.69, 9.17) is 0 Å². The number of carbonyl (C=O) groups excluding carboxylic acids is 1. The minimum absolute atomic E-state index is 0.0441. The Morgan fingerprint density at radius 3 is 2.81 bits per heavy atom. The molecule has 1 aromatic rings. The predicted molar refractivity (Wildman–Crippen MR) is 84.3 cm³/mol. The lowest BCUT2D eigenvalue weighted by atomic mass is 10.2. The number of nitrogens with one attached hydrogen (secondary N) is 2. The van der Waals surface area contributed by atoms with Crippen LogP contribution in [-0.4, -0.2) is 57.5 Å². The van der Waals surface area contributed by atoms with Crippen molar-refractivity contribution in [3.8, 4) is 0 Å². The number of rotatable bonds is 5. The van der Waals surface area contributed by atoms with Gasteiger partial charge in [0.1, 0.15) is 0 Å². The van der Waals surface area contributed by atoms with E-state index in [1.807, 2.05) is 36.5 Å². The molecule has 118 valence electrons. The highest BCUT2D eigenvalue weighted by molar-refractivity contribution is 7.91. The largest absolute Gasteiger partial charge is 0.336 e. The molecular formula is C13H21N3O3S2. The summed E-state index contributed by atoms with van der Waals surface area (Å²) in [5.74, 6) is 0.204. The van der Waals surface area contributed by atoms with Crippen molar-refractivity contribution in [3.63, 3.8) is 0 Å². The molecular weight excluding hydrogens is 310 g/mol. The molecule has 0 unspecified atom stereocenters. The molecule has 1 saturated heterocycles. The highest BCUT2D eigenvalue weighted by Gasteiger charge is 2.29. The first kappa shape index (κ1) is 16.3. The van der Waals surface area contributed by atoms with E-state index in [1.54, 1.807) is 11.3 Å². The summed E-state index contributed by atoms with van der Waals surface area (Å²) in [6.45, 7) is 0.485. The second-order valence-corrected chi connectivity index (χ2v) is 8.66. The number of hydrogen-bond donors (Lipinski definition) is 2. The van der Waals surface area contributed by atoms with Crippen molar-refractivity contribution in [2.24, 2.45) is 0 Å². The zero-order chi connectivity index (χ0) is 15.5. The molecule has 1 aliphatic rings. The Balaban J connectivity index is 1.83. The molecule has 0 aromatic carbocycles. The van der Waals surface area contributed by atoms with Crippen molar-refractivity contribution in [2.45, 2.75) is 18.5 Å². The van der Waals surface area contributed by atoms with Crippen LogP contribution in [0.5, 0.6) is 0 Å². The number of carbonyl (C=O) groups is 1. The minimum atomic E-state index is -2.97. The molecule has 8 heteroatoms. The summed E-state index contributed by atoms with van der Waals surface area (Å²) in [6.07, 6.45) is 0.498. The molecule has 6 nitrogen and oxygen atoms in total. The number of amides is 2. The molecule has 2 heterocycles. The van der Waals surface area contributed by atoms with Gasteiger partial charge in [-0.3, -0.25) is 0 Å². The molecule has 21 heavy (non-hydrogen) atoms. The van der Waals surface area contributed by atoms with Crippen LogP contribution in [0.15, 0.2) is 17.5 Å². The fraction of sp³-hybridized carbons (Fsp3) is 0.615. The molecule has 0 spiro atoms. The number of likely N-dealkylation sites (N-methyl/N-ethyl adjacent to an activating group) is 1. The van der Waals surface area contributed by atoms with E-state index >= 15 is 0 Å². The summed E-state index contributed by atoms with van der Waals surface area (Å²) in [5, 5.41) is 7.57. The van der Waals surface area contributed by atoms with Gasteiger partial charge in [-0.15, -0.1) is 11.3 Å². The van der Waals surface area contributed by atoms with Crippen LogP contribution in [0.2, 0.25) is 0 Å². The maximum atomic E-state index is 11.9. The van der Waals surface area contributed by atoms with Gasteiger partial charge in [0.05, 0.1) is 17.5 Å². The summed E-state index contributed by atoms with van der Waals surface area (Å²) in [4.78, 5) is 15.1. The Bertz CT molecular complexity index is 569. The van der Waals surface area contributed by atoms with Crippen LogP contribution in [0.1, 0.15) is 17.3 Å². The van der Waals surface area contributed by atoms with E-state index in [-0.39, 0.29) is 29.6 Å². The first-order valence-corrected chi connectivity index (χ1v) is 9.52. The highest BCUT2D eigenvalue weighted by Crippen LogP contribution is 2.22. The van der Waals surface area contributed by atoms with E-state index in [0.29, 0.717) is 13.0 Å². The van der Waals surface area contributed by atoms with Crippen LogP contribution in [0.4, 0.5) is 4.79 Å². The highest BCUT2D eigenvalue weighted by atomic mass is 32.2. The summed E-state index contributed by atoms with van der Waals surface area (Å²) in [6, 6.07) is 3.57. The van der Waals surface area contributed by atoms with Crippen molar-refractivity contribution >= 4 is 27.2 Å². The van der Waals surface area contributed by atoms with Crippen molar-refractivity contribution in [1.29, 1.82) is 0 Å². The summed E-state index contributed by atoms with van der Waals surface area (Å²) in [7, 11) is 0.961. The molecule has 0 bridgehead atoms. The van der Waals surface area contributed by atoms with E-state index < -0.39 is 9.84 Å². The normalized spacial score (nSPS) is 22.1. The molecule has 2 atom stereocenters. The SMILES string of the molecule is CN(C)[C@H](CNC(=O)N[C@H]1CCS(=O)(=O)C1)c1cccs1. The fourth-order valence-corrected chi connectivity index (χ4v) is 4.95. The average Bonchev–Trinajstić information content (AvgIpc) is 2.99.